The van der Waals surface area contributed by atoms with Crippen LogP contribution >= 0.6 is 0 Å². The number of H-pyrrole nitrogens is 1. The molecule has 4 N–H and O–H groups in total. The molecule has 1 saturated carbocycles. The Kier molecular flexibility index (Phi) is 3.73. The summed E-state index contributed by atoms with van der Waals surface area (Å²) in [4.78, 5) is 15.7. The van der Waals surface area contributed by atoms with Crippen molar-refractivity contribution in [2.45, 2.75) is 44.1 Å². The van der Waals surface area contributed by atoms with Crippen molar-refractivity contribution >= 4 is 5.91 Å². The highest BCUT2D eigenvalue weighted by Gasteiger charge is 2.31. The number of hydrogen-bond donors (Lipinski definition) is 3. The molecule has 0 bridgehead atoms. The Bertz CT molecular complexity index is 356. The molecular weight excluding hydrogens is 218 g/mol. The van der Waals surface area contributed by atoms with Crippen LogP contribution in [0.2, 0.25) is 0 Å². The minimum Gasteiger partial charge on any atom is -0.356 e. The zero-order valence-electron chi connectivity index (χ0n) is 9.91. The van der Waals surface area contributed by atoms with Gasteiger partial charge >= 0.3 is 0 Å². The third-order valence-electron chi connectivity index (χ3n) is 3.26. The van der Waals surface area contributed by atoms with Gasteiger partial charge in [0.25, 0.3) is 0 Å². The number of carbonyl (C=O) groups is 1. The van der Waals surface area contributed by atoms with Gasteiger partial charge < -0.3 is 11.1 Å². The summed E-state index contributed by atoms with van der Waals surface area (Å²) in [7, 11) is 0. The molecule has 1 aliphatic rings. The van der Waals surface area contributed by atoms with Crippen LogP contribution in [0.4, 0.5) is 0 Å². The number of amides is 1. The molecule has 6 heteroatoms. The second kappa shape index (κ2) is 5.27. The predicted octanol–water partition coefficient (Wildman–Crippen LogP) is 0.125. The van der Waals surface area contributed by atoms with Crippen molar-refractivity contribution in [3.8, 4) is 0 Å². The quantitative estimate of drug-likeness (QED) is 0.678. The molecule has 1 aliphatic carbocycles. The van der Waals surface area contributed by atoms with Gasteiger partial charge in [-0.05, 0) is 12.8 Å². The summed E-state index contributed by atoms with van der Waals surface area (Å²) in [6, 6.07) is 0. The molecule has 0 radical (unpaired) electrons. The molecule has 1 aromatic rings. The molecule has 6 nitrogen and oxygen atoms in total. The number of aromatic amines is 1. The fourth-order valence-corrected chi connectivity index (χ4v) is 2.31. The van der Waals surface area contributed by atoms with Crippen LogP contribution in [0, 0.1) is 0 Å². The molecule has 2 rings (SSSR count). The number of nitrogens with zero attached hydrogens (tertiary/aromatic N) is 2. The van der Waals surface area contributed by atoms with Gasteiger partial charge in [-0.15, -0.1) is 0 Å². The van der Waals surface area contributed by atoms with Crippen molar-refractivity contribution in [3.05, 3.63) is 12.2 Å². The smallest absolute Gasteiger partial charge is 0.221 e. The van der Waals surface area contributed by atoms with Gasteiger partial charge in [0.2, 0.25) is 5.91 Å². The first-order chi connectivity index (χ1) is 8.18. The number of nitrogens with two attached hydrogens (primary N) is 1. The van der Waals surface area contributed by atoms with E-state index in [1.54, 1.807) is 0 Å². The number of rotatable bonds is 5. The first-order valence-corrected chi connectivity index (χ1v) is 6.08. The summed E-state index contributed by atoms with van der Waals surface area (Å²) in [5.74, 6) is 0.822. The molecule has 0 atom stereocenters. The lowest BCUT2D eigenvalue weighted by Gasteiger charge is -2.22. The summed E-state index contributed by atoms with van der Waals surface area (Å²) in [5.41, 5.74) is 5.87. The Balaban J connectivity index is 1.67. The number of nitrogens with one attached hydrogen (secondary N) is 2. The molecule has 17 heavy (non-hydrogen) atoms. The minimum atomic E-state index is -0.268. The van der Waals surface area contributed by atoms with E-state index in [-0.39, 0.29) is 11.4 Å². The Hall–Kier alpha value is -1.43. The Labute approximate surface area is 100 Å². The van der Waals surface area contributed by atoms with Crippen LogP contribution in [0.15, 0.2) is 6.33 Å². The average molecular weight is 237 g/mol. The largest absolute Gasteiger partial charge is 0.356 e. The van der Waals surface area contributed by atoms with E-state index < -0.39 is 0 Å². The summed E-state index contributed by atoms with van der Waals surface area (Å²) in [6.45, 7) is 0.574. The number of aromatic nitrogens is 3. The van der Waals surface area contributed by atoms with E-state index >= 15 is 0 Å². The third-order valence-corrected chi connectivity index (χ3v) is 3.26. The highest BCUT2D eigenvalue weighted by molar-refractivity contribution is 5.77. The van der Waals surface area contributed by atoms with Gasteiger partial charge in [-0.2, -0.15) is 5.10 Å². The van der Waals surface area contributed by atoms with Gasteiger partial charge in [-0.1, -0.05) is 12.8 Å². The van der Waals surface area contributed by atoms with Crippen molar-refractivity contribution < 1.29 is 4.79 Å². The highest BCUT2D eigenvalue weighted by Crippen LogP contribution is 2.29. The molecule has 94 valence electrons. The van der Waals surface area contributed by atoms with E-state index in [2.05, 4.69) is 20.5 Å². The van der Waals surface area contributed by atoms with E-state index in [0.29, 0.717) is 19.4 Å². The predicted molar refractivity (Wildman–Crippen MR) is 63.1 cm³/mol. The van der Waals surface area contributed by atoms with Crippen LogP contribution in [-0.2, 0) is 11.2 Å². The monoisotopic (exact) mass is 237 g/mol. The first-order valence-electron chi connectivity index (χ1n) is 6.08. The molecule has 1 aromatic heterocycles. The molecule has 0 spiro atoms. The standard InChI is InChI=1S/C11H19N5O/c12-11(4-1-2-5-11)7-10(17)13-6-3-9-14-8-15-16-9/h8H,1-7,12H2,(H,13,17)(H,14,15,16). The Morgan fingerprint density at radius 3 is 2.94 bits per heavy atom. The van der Waals surface area contributed by atoms with E-state index in [0.717, 1.165) is 31.5 Å². The molecule has 0 unspecified atom stereocenters. The Morgan fingerprint density at radius 1 is 1.53 bits per heavy atom. The third kappa shape index (κ3) is 3.52. The normalized spacial score (nSPS) is 18.2. The fourth-order valence-electron chi connectivity index (χ4n) is 2.31. The zero-order chi connectivity index (χ0) is 12.1. The van der Waals surface area contributed by atoms with E-state index in [9.17, 15) is 4.79 Å². The van der Waals surface area contributed by atoms with Crippen molar-refractivity contribution in [3.63, 3.8) is 0 Å². The highest BCUT2D eigenvalue weighted by atomic mass is 16.1. The van der Waals surface area contributed by atoms with Gasteiger partial charge in [0.05, 0.1) is 0 Å². The van der Waals surface area contributed by atoms with E-state index in [1.807, 2.05) is 0 Å². The zero-order valence-corrected chi connectivity index (χ0v) is 9.91. The molecule has 0 aromatic carbocycles. The lowest BCUT2D eigenvalue weighted by Crippen LogP contribution is -2.42. The summed E-state index contributed by atoms with van der Waals surface area (Å²) in [5, 5.41) is 9.37. The molecule has 0 aliphatic heterocycles. The maximum atomic E-state index is 11.7. The SMILES string of the molecule is NC1(CC(=O)NCCc2ncn[nH]2)CCCC1. The van der Waals surface area contributed by atoms with E-state index in [1.165, 1.54) is 6.33 Å². The number of carbonyl (C=O) groups excluding carboxylic acids is 1. The second-order valence-electron chi connectivity index (χ2n) is 4.78. The van der Waals surface area contributed by atoms with Crippen LogP contribution in [0.25, 0.3) is 0 Å². The van der Waals surface area contributed by atoms with Crippen LogP contribution in [0.1, 0.15) is 37.9 Å². The Morgan fingerprint density at radius 2 is 2.29 bits per heavy atom. The first kappa shape index (κ1) is 12.0. The maximum Gasteiger partial charge on any atom is 0.221 e. The van der Waals surface area contributed by atoms with Gasteiger partial charge in [-0.3, -0.25) is 9.89 Å². The van der Waals surface area contributed by atoms with E-state index in [4.69, 9.17) is 5.73 Å². The van der Waals surface area contributed by atoms with Crippen molar-refractivity contribution in [1.29, 1.82) is 0 Å². The van der Waals surface area contributed by atoms with Gasteiger partial charge in [0, 0.05) is 24.9 Å². The van der Waals surface area contributed by atoms with Gasteiger partial charge in [0.1, 0.15) is 12.2 Å². The number of hydrogen-bond acceptors (Lipinski definition) is 4. The van der Waals surface area contributed by atoms with Crippen LogP contribution in [0.5, 0.6) is 0 Å². The van der Waals surface area contributed by atoms with Crippen LogP contribution in [-0.4, -0.2) is 33.2 Å². The van der Waals surface area contributed by atoms with Crippen LogP contribution in [0.3, 0.4) is 0 Å². The van der Waals surface area contributed by atoms with Gasteiger partial charge in [-0.25, -0.2) is 4.98 Å². The molecule has 1 heterocycles. The topological polar surface area (TPSA) is 96.7 Å². The summed E-state index contributed by atoms with van der Waals surface area (Å²) < 4.78 is 0. The molecule has 0 saturated heterocycles. The minimum absolute atomic E-state index is 0.0360. The van der Waals surface area contributed by atoms with Crippen molar-refractivity contribution in [2.75, 3.05) is 6.54 Å². The lowest BCUT2D eigenvalue weighted by molar-refractivity contribution is -0.122. The fraction of sp³-hybridized carbons (Fsp3) is 0.727. The molecular formula is C11H19N5O. The van der Waals surface area contributed by atoms with Gasteiger partial charge in [0.15, 0.2) is 0 Å². The van der Waals surface area contributed by atoms with Crippen LogP contribution < -0.4 is 11.1 Å². The maximum absolute atomic E-state index is 11.7. The summed E-state index contributed by atoms with van der Waals surface area (Å²) >= 11 is 0. The van der Waals surface area contributed by atoms with Crippen molar-refractivity contribution in [1.82, 2.24) is 20.5 Å². The summed E-state index contributed by atoms with van der Waals surface area (Å²) in [6.07, 6.45) is 6.77. The molecule has 1 fully saturated rings. The second-order valence-corrected chi connectivity index (χ2v) is 4.78. The molecule has 1 amide bonds. The lowest BCUT2D eigenvalue weighted by atomic mass is 9.94. The average Bonchev–Trinajstić information content (AvgIpc) is 2.90. The van der Waals surface area contributed by atoms with Crippen molar-refractivity contribution in [2.24, 2.45) is 5.73 Å².